The summed E-state index contributed by atoms with van der Waals surface area (Å²) < 4.78 is 19.9. The van der Waals surface area contributed by atoms with Crippen LogP contribution in [-0.2, 0) is 9.59 Å². The van der Waals surface area contributed by atoms with E-state index in [2.05, 4.69) is 4.98 Å². The SMILES string of the molecule is CCOc1ccc([C@@H]2C(=C(O)c3ccc(F)cc3)C(=O)C(=O)N2c2nc3ccc(C)cc3s2)cc1. The summed E-state index contributed by atoms with van der Waals surface area (Å²) in [6.07, 6.45) is 0. The molecule has 0 spiro atoms. The number of rotatable bonds is 5. The fourth-order valence-electron chi connectivity index (χ4n) is 4.14. The summed E-state index contributed by atoms with van der Waals surface area (Å²) >= 11 is 1.30. The minimum Gasteiger partial charge on any atom is -0.507 e. The zero-order valence-electron chi connectivity index (χ0n) is 19.0. The average molecular weight is 489 g/mol. The predicted molar refractivity (Wildman–Crippen MR) is 133 cm³/mol. The van der Waals surface area contributed by atoms with Crippen LogP contribution >= 0.6 is 11.3 Å². The van der Waals surface area contributed by atoms with Gasteiger partial charge in [-0.05, 0) is 73.5 Å². The molecule has 0 aliphatic carbocycles. The van der Waals surface area contributed by atoms with Gasteiger partial charge in [0.1, 0.15) is 17.3 Å². The lowest BCUT2D eigenvalue weighted by atomic mass is 9.95. The Morgan fingerprint density at radius 3 is 2.49 bits per heavy atom. The average Bonchev–Trinajstić information content (AvgIpc) is 3.37. The van der Waals surface area contributed by atoms with Gasteiger partial charge in [0.25, 0.3) is 5.78 Å². The molecule has 0 radical (unpaired) electrons. The van der Waals surface area contributed by atoms with E-state index < -0.39 is 23.5 Å². The van der Waals surface area contributed by atoms with Crippen molar-refractivity contribution in [3.8, 4) is 5.75 Å². The Bertz CT molecular complexity index is 1480. The van der Waals surface area contributed by atoms with Crippen LogP contribution in [0.1, 0.15) is 29.7 Å². The molecule has 5 rings (SSSR count). The molecule has 1 fully saturated rings. The Hall–Kier alpha value is -4.04. The smallest absolute Gasteiger partial charge is 0.301 e. The maximum Gasteiger partial charge on any atom is 0.301 e. The molecule has 176 valence electrons. The molecule has 1 amide bonds. The van der Waals surface area contributed by atoms with Gasteiger partial charge in [0.15, 0.2) is 5.13 Å². The van der Waals surface area contributed by atoms with E-state index >= 15 is 0 Å². The monoisotopic (exact) mass is 488 g/mol. The van der Waals surface area contributed by atoms with Crippen molar-refractivity contribution >= 4 is 44.1 Å². The number of nitrogens with zero attached hydrogens (tertiary/aromatic N) is 2. The molecule has 1 aliphatic rings. The van der Waals surface area contributed by atoms with Gasteiger partial charge < -0.3 is 9.84 Å². The summed E-state index contributed by atoms with van der Waals surface area (Å²) in [6.45, 7) is 4.33. The van der Waals surface area contributed by atoms with Crippen LogP contribution in [-0.4, -0.2) is 28.4 Å². The fraction of sp³-hybridized carbons (Fsp3) is 0.148. The van der Waals surface area contributed by atoms with E-state index in [-0.39, 0.29) is 16.9 Å². The number of halogens is 1. The Labute approximate surface area is 204 Å². The fourth-order valence-corrected chi connectivity index (χ4v) is 5.23. The van der Waals surface area contributed by atoms with Gasteiger partial charge in [-0.3, -0.25) is 14.5 Å². The minimum absolute atomic E-state index is 0.0822. The largest absolute Gasteiger partial charge is 0.507 e. The number of Topliss-reactive ketones (excluding diaryl/α,β-unsaturated/α-hetero) is 1. The van der Waals surface area contributed by atoms with Gasteiger partial charge in [-0.15, -0.1) is 0 Å². The van der Waals surface area contributed by atoms with Crippen molar-refractivity contribution in [2.45, 2.75) is 19.9 Å². The van der Waals surface area contributed by atoms with Crippen molar-refractivity contribution in [1.82, 2.24) is 4.98 Å². The van der Waals surface area contributed by atoms with Gasteiger partial charge in [0, 0.05) is 5.56 Å². The number of hydrogen-bond acceptors (Lipinski definition) is 6. The standard InChI is InChI=1S/C27H21FN2O4S/c1-3-34-19-11-7-16(8-12-19)23-22(24(31)17-5-9-18(28)10-6-17)25(32)26(33)30(23)27-29-20-13-4-15(2)14-21(20)35-27/h4-14,23,31H,3H2,1-2H3/t23-/m1/s1. The number of amides is 1. The highest BCUT2D eigenvalue weighted by atomic mass is 32.1. The molecule has 0 unspecified atom stereocenters. The van der Waals surface area contributed by atoms with E-state index in [1.54, 1.807) is 24.3 Å². The first kappa shape index (κ1) is 22.7. The number of ketones is 1. The number of aromatic nitrogens is 1. The lowest BCUT2D eigenvalue weighted by Gasteiger charge is -2.23. The zero-order chi connectivity index (χ0) is 24.7. The number of carbonyl (C=O) groups is 2. The van der Waals surface area contributed by atoms with Crippen molar-refractivity contribution in [3.05, 3.63) is 94.8 Å². The third-order valence-electron chi connectivity index (χ3n) is 5.81. The number of carbonyl (C=O) groups excluding carboxylic acids is 2. The van der Waals surface area contributed by atoms with Crippen LogP contribution in [0.25, 0.3) is 16.0 Å². The van der Waals surface area contributed by atoms with E-state index in [1.807, 2.05) is 32.0 Å². The maximum atomic E-state index is 13.5. The molecule has 1 N–H and O–H groups in total. The summed E-state index contributed by atoms with van der Waals surface area (Å²) in [7, 11) is 0. The van der Waals surface area contributed by atoms with Gasteiger partial charge in [-0.25, -0.2) is 9.37 Å². The lowest BCUT2D eigenvalue weighted by Crippen LogP contribution is -2.29. The Balaban J connectivity index is 1.70. The first-order valence-electron chi connectivity index (χ1n) is 11.0. The lowest BCUT2D eigenvalue weighted by molar-refractivity contribution is -0.132. The van der Waals surface area contributed by atoms with Crippen LogP contribution in [0.3, 0.4) is 0 Å². The molecule has 8 heteroatoms. The molecule has 35 heavy (non-hydrogen) atoms. The topological polar surface area (TPSA) is 79.7 Å². The molecule has 3 aromatic carbocycles. The van der Waals surface area contributed by atoms with Crippen LogP contribution in [0.15, 0.2) is 72.3 Å². The molecule has 2 heterocycles. The third-order valence-corrected chi connectivity index (χ3v) is 6.83. The van der Waals surface area contributed by atoms with Crippen LogP contribution in [0.2, 0.25) is 0 Å². The minimum atomic E-state index is -0.919. The second kappa shape index (κ2) is 8.96. The highest BCUT2D eigenvalue weighted by Crippen LogP contribution is 2.44. The summed E-state index contributed by atoms with van der Waals surface area (Å²) in [4.78, 5) is 32.5. The molecule has 6 nitrogen and oxygen atoms in total. The number of thiazole rings is 1. The van der Waals surface area contributed by atoms with Crippen LogP contribution < -0.4 is 9.64 Å². The van der Waals surface area contributed by atoms with E-state index in [0.29, 0.717) is 28.6 Å². The van der Waals surface area contributed by atoms with Crippen LogP contribution in [0.5, 0.6) is 5.75 Å². The Kier molecular flexibility index (Phi) is 5.82. The number of aliphatic hydroxyl groups excluding tert-OH is 1. The number of hydrogen-bond donors (Lipinski definition) is 1. The summed E-state index contributed by atoms with van der Waals surface area (Å²) in [6, 6.07) is 17.0. The van der Waals surface area contributed by atoms with E-state index in [4.69, 9.17) is 4.74 Å². The summed E-state index contributed by atoms with van der Waals surface area (Å²) in [5.41, 5.74) is 2.52. The number of aliphatic hydroxyl groups is 1. The summed E-state index contributed by atoms with van der Waals surface area (Å²) in [5.74, 6) is -1.83. The van der Waals surface area contributed by atoms with Crippen molar-refractivity contribution in [1.29, 1.82) is 0 Å². The molecule has 1 aliphatic heterocycles. The second-order valence-electron chi connectivity index (χ2n) is 8.15. The molecule has 0 bridgehead atoms. The molecular weight excluding hydrogens is 467 g/mol. The first-order chi connectivity index (χ1) is 16.9. The van der Waals surface area contributed by atoms with E-state index in [0.717, 1.165) is 10.3 Å². The van der Waals surface area contributed by atoms with E-state index in [1.165, 1.54) is 40.5 Å². The second-order valence-corrected chi connectivity index (χ2v) is 9.15. The number of ether oxygens (including phenoxy) is 1. The summed E-state index contributed by atoms with van der Waals surface area (Å²) in [5, 5.41) is 11.5. The van der Waals surface area contributed by atoms with Gasteiger partial charge in [-0.2, -0.15) is 0 Å². The van der Waals surface area contributed by atoms with Gasteiger partial charge >= 0.3 is 5.91 Å². The molecular formula is C27H21FN2O4S. The number of aryl methyl sites for hydroxylation is 1. The van der Waals surface area contributed by atoms with Gasteiger partial charge in [0.2, 0.25) is 0 Å². The van der Waals surface area contributed by atoms with Crippen LogP contribution in [0, 0.1) is 12.7 Å². The molecule has 1 atom stereocenters. The number of benzene rings is 3. The Morgan fingerprint density at radius 2 is 1.80 bits per heavy atom. The molecule has 4 aromatic rings. The number of anilines is 1. The number of fused-ring (bicyclic) bond motifs is 1. The predicted octanol–water partition coefficient (Wildman–Crippen LogP) is 5.77. The quantitative estimate of drug-likeness (QED) is 0.219. The third kappa shape index (κ3) is 4.06. The first-order valence-corrected chi connectivity index (χ1v) is 11.9. The zero-order valence-corrected chi connectivity index (χ0v) is 19.8. The van der Waals surface area contributed by atoms with Gasteiger partial charge in [-0.1, -0.05) is 29.5 Å². The highest BCUT2D eigenvalue weighted by Gasteiger charge is 2.48. The van der Waals surface area contributed by atoms with Crippen molar-refractivity contribution in [2.75, 3.05) is 11.5 Å². The Morgan fingerprint density at radius 1 is 1.09 bits per heavy atom. The van der Waals surface area contributed by atoms with E-state index in [9.17, 15) is 19.1 Å². The highest BCUT2D eigenvalue weighted by molar-refractivity contribution is 7.22. The van der Waals surface area contributed by atoms with Crippen molar-refractivity contribution in [3.63, 3.8) is 0 Å². The van der Waals surface area contributed by atoms with Gasteiger partial charge in [0.05, 0.1) is 28.4 Å². The molecule has 1 aromatic heterocycles. The van der Waals surface area contributed by atoms with Crippen molar-refractivity contribution < 1.29 is 23.8 Å². The molecule has 1 saturated heterocycles. The van der Waals surface area contributed by atoms with Crippen LogP contribution in [0.4, 0.5) is 9.52 Å². The normalized spacial score (nSPS) is 17.3. The molecule has 0 saturated carbocycles. The van der Waals surface area contributed by atoms with Crippen molar-refractivity contribution in [2.24, 2.45) is 0 Å². The maximum absolute atomic E-state index is 13.5.